The van der Waals surface area contributed by atoms with Crippen molar-refractivity contribution in [2.45, 2.75) is 27.3 Å². The summed E-state index contributed by atoms with van der Waals surface area (Å²) in [5, 5.41) is 1.15. The van der Waals surface area contributed by atoms with E-state index in [1.165, 1.54) is 23.0 Å². The minimum absolute atomic E-state index is 0.0564. The van der Waals surface area contributed by atoms with Gasteiger partial charge in [-0.15, -0.1) is 0 Å². The summed E-state index contributed by atoms with van der Waals surface area (Å²) in [6, 6.07) is 5.99. The third kappa shape index (κ3) is 4.19. The summed E-state index contributed by atoms with van der Waals surface area (Å²) >= 11 is 0. The number of sulfone groups is 1. The van der Waals surface area contributed by atoms with E-state index < -0.39 is 9.84 Å². The number of aromatic nitrogens is 1. The molecule has 0 saturated carbocycles. The monoisotopic (exact) mass is 391 g/mol. The third-order valence-corrected chi connectivity index (χ3v) is 6.56. The van der Waals surface area contributed by atoms with E-state index in [0.717, 1.165) is 17.5 Å². The minimum atomic E-state index is -2.95. The molecular formula is C20H29N3O3S. The van der Waals surface area contributed by atoms with E-state index >= 15 is 0 Å². The van der Waals surface area contributed by atoms with Crippen LogP contribution >= 0.6 is 0 Å². The van der Waals surface area contributed by atoms with Crippen molar-refractivity contribution < 1.29 is 13.2 Å². The molecule has 1 aromatic carbocycles. The summed E-state index contributed by atoms with van der Waals surface area (Å²) in [4.78, 5) is 16.9. The zero-order chi connectivity index (χ0) is 19.8. The van der Waals surface area contributed by atoms with Gasteiger partial charge in [0.25, 0.3) is 5.91 Å². The van der Waals surface area contributed by atoms with Crippen molar-refractivity contribution in [1.82, 2.24) is 14.4 Å². The second-order valence-electron chi connectivity index (χ2n) is 7.45. The molecule has 0 radical (unpaired) electrons. The van der Waals surface area contributed by atoms with Gasteiger partial charge in [0, 0.05) is 67.7 Å². The van der Waals surface area contributed by atoms with Gasteiger partial charge in [-0.05, 0) is 44.5 Å². The van der Waals surface area contributed by atoms with E-state index in [-0.39, 0.29) is 11.7 Å². The van der Waals surface area contributed by atoms with Gasteiger partial charge in [0.2, 0.25) is 0 Å². The SMILES string of the molecule is CCn1c(C)c(C)c2cc(C(=O)N3CCN(CCS(C)(=O)=O)CC3)ccc21. The molecule has 1 saturated heterocycles. The number of rotatable bonds is 5. The van der Waals surface area contributed by atoms with E-state index in [2.05, 4.69) is 36.3 Å². The molecule has 0 aliphatic carbocycles. The lowest BCUT2D eigenvalue weighted by Crippen LogP contribution is -2.49. The first-order chi connectivity index (χ1) is 12.7. The van der Waals surface area contributed by atoms with Crippen LogP contribution in [0.2, 0.25) is 0 Å². The Kier molecular flexibility index (Phi) is 5.63. The summed E-state index contributed by atoms with van der Waals surface area (Å²) in [6.07, 6.45) is 1.26. The van der Waals surface area contributed by atoms with Crippen LogP contribution in [0, 0.1) is 13.8 Å². The molecule has 6 nitrogen and oxygen atoms in total. The zero-order valence-electron chi connectivity index (χ0n) is 16.7. The molecule has 0 bridgehead atoms. The van der Waals surface area contributed by atoms with Gasteiger partial charge in [0.1, 0.15) is 9.84 Å². The zero-order valence-corrected chi connectivity index (χ0v) is 17.5. The molecule has 0 unspecified atom stereocenters. The largest absolute Gasteiger partial charge is 0.345 e. The summed E-state index contributed by atoms with van der Waals surface area (Å²) in [7, 11) is -2.95. The molecule has 1 aliphatic rings. The second kappa shape index (κ2) is 7.64. The fraction of sp³-hybridized carbons (Fsp3) is 0.550. The Labute approximate surface area is 161 Å². The number of hydrogen-bond donors (Lipinski definition) is 0. The highest BCUT2D eigenvalue weighted by atomic mass is 32.2. The average molecular weight is 392 g/mol. The molecule has 0 spiro atoms. The van der Waals surface area contributed by atoms with Crippen LogP contribution in [0.25, 0.3) is 10.9 Å². The van der Waals surface area contributed by atoms with Gasteiger partial charge in [-0.3, -0.25) is 9.69 Å². The Morgan fingerprint density at radius 2 is 1.78 bits per heavy atom. The maximum atomic E-state index is 12.9. The molecule has 7 heteroatoms. The molecule has 2 heterocycles. The maximum Gasteiger partial charge on any atom is 0.253 e. The summed E-state index contributed by atoms with van der Waals surface area (Å²) in [5.41, 5.74) is 4.38. The predicted octanol–water partition coefficient (Wildman–Crippen LogP) is 2.08. The number of amides is 1. The number of benzene rings is 1. The van der Waals surface area contributed by atoms with Crippen LogP contribution in [-0.4, -0.2) is 73.4 Å². The van der Waals surface area contributed by atoms with Gasteiger partial charge in [0.15, 0.2) is 0 Å². The van der Waals surface area contributed by atoms with Crippen molar-refractivity contribution in [2.24, 2.45) is 0 Å². The van der Waals surface area contributed by atoms with E-state index in [9.17, 15) is 13.2 Å². The molecule has 1 aromatic heterocycles. The summed E-state index contributed by atoms with van der Waals surface area (Å²) in [5.74, 6) is 0.228. The Hall–Kier alpha value is -1.86. The molecule has 1 amide bonds. The van der Waals surface area contributed by atoms with Gasteiger partial charge in [-0.1, -0.05) is 0 Å². The van der Waals surface area contributed by atoms with Crippen molar-refractivity contribution >= 4 is 26.6 Å². The van der Waals surface area contributed by atoms with E-state index in [1.807, 2.05) is 17.0 Å². The van der Waals surface area contributed by atoms with Crippen LogP contribution < -0.4 is 0 Å². The Morgan fingerprint density at radius 1 is 1.11 bits per heavy atom. The van der Waals surface area contributed by atoms with Crippen molar-refractivity contribution in [2.75, 3.05) is 44.7 Å². The lowest BCUT2D eigenvalue weighted by molar-refractivity contribution is 0.0644. The molecule has 148 valence electrons. The topological polar surface area (TPSA) is 62.6 Å². The number of aryl methyl sites for hydroxylation is 2. The highest BCUT2D eigenvalue weighted by Gasteiger charge is 2.23. The first-order valence-corrected chi connectivity index (χ1v) is 11.6. The number of carbonyl (C=O) groups excluding carboxylic acids is 1. The summed E-state index contributed by atoms with van der Waals surface area (Å²) < 4.78 is 24.9. The number of nitrogens with zero attached hydrogens (tertiary/aromatic N) is 3. The van der Waals surface area contributed by atoms with Gasteiger partial charge < -0.3 is 9.47 Å². The molecule has 3 rings (SSSR count). The normalized spacial score (nSPS) is 16.2. The molecule has 2 aromatic rings. The molecule has 0 atom stereocenters. The average Bonchev–Trinajstić information content (AvgIpc) is 2.89. The van der Waals surface area contributed by atoms with Crippen LogP contribution in [0.15, 0.2) is 18.2 Å². The van der Waals surface area contributed by atoms with Crippen LogP contribution in [0.5, 0.6) is 0 Å². The van der Waals surface area contributed by atoms with Gasteiger partial charge in [-0.2, -0.15) is 0 Å². The molecule has 0 N–H and O–H groups in total. The molecular weight excluding hydrogens is 362 g/mol. The first kappa shape index (κ1) is 19.9. The second-order valence-corrected chi connectivity index (χ2v) is 9.71. The Morgan fingerprint density at radius 3 is 2.37 bits per heavy atom. The fourth-order valence-corrected chi connectivity index (χ4v) is 4.43. The molecule has 27 heavy (non-hydrogen) atoms. The van der Waals surface area contributed by atoms with Gasteiger partial charge >= 0.3 is 0 Å². The van der Waals surface area contributed by atoms with Crippen LogP contribution in [0.3, 0.4) is 0 Å². The van der Waals surface area contributed by atoms with Crippen molar-refractivity contribution in [3.63, 3.8) is 0 Å². The number of hydrogen-bond acceptors (Lipinski definition) is 4. The Balaban J connectivity index is 1.71. The van der Waals surface area contributed by atoms with Crippen molar-refractivity contribution in [1.29, 1.82) is 0 Å². The van der Waals surface area contributed by atoms with E-state index in [4.69, 9.17) is 0 Å². The highest BCUT2D eigenvalue weighted by molar-refractivity contribution is 7.90. The number of carbonyl (C=O) groups is 1. The molecule has 1 fully saturated rings. The third-order valence-electron chi connectivity index (χ3n) is 5.64. The first-order valence-electron chi connectivity index (χ1n) is 9.50. The minimum Gasteiger partial charge on any atom is -0.345 e. The van der Waals surface area contributed by atoms with E-state index in [1.54, 1.807) is 0 Å². The van der Waals surface area contributed by atoms with E-state index in [0.29, 0.717) is 32.7 Å². The lowest BCUT2D eigenvalue weighted by Gasteiger charge is -2.34. The maximum absolute atomic E-state index is 12.9. The number of fused-ring (bicyclic) bond motifs is 1. The standard InChI is InChI=1S/C20H29N3O3S/c1-5-23-16(3)15(2)18-14-17(6-7-19(18)23)20(24)22-10-8-21(9-11-22)12-13-27(4,25)26/h6-7,14H,5,8-13H2,1-4H3. The molecule has 1 aliphatic heterocycles. The van der Waals surface area contributed by atoms with Crippen molar-refractivity contribution in [3.05, 3.63) is 35.0 Å². The fourth-order valence-electron chi connectivity index (χ4n) is 3.84. The van der Waals surface area contributed by atoms with Crippen LogP contribution in [0.4, 0.5) is 0 Å². The number of piperazine rings is 1. The van der Waals surface area contributed by atoms with Crippen molar-refractivity contribution in [3.8, 4) is 0 Å². The van der Waals surface area contributed by atoms with Gasteiger partial charge in [-0.25, -0.2) is 8.42 Å². The Bertz CT molecular complexity index is 954. The van der Waals surface area contributed by atoms with Crippen LogP contribution in [0.1, 0.15) is 28.5 Å². The highest BCUT2D eigenvalue weighted by Crippen LogP contribution is 2.26. The van der Waals surface area contributed by atoms with Crippen LogP contribution in [-0.2, 0) is 16.4 Å². The predicted molar refractivity (Wildman–Crippen MR) is 109 cm³/mol. The quantitative estimate of drug-likeness (QED) is 0.783. The smallest absolute Gasteiger partial charge is 0.253 e. The lowest BCUT2D eigenvalue weighted by atomic mass is 10.1. The summed E-state index contributed by atoms with van der Waals surface area (Å²) in [6.45, 7) is 10.5. The van der Waals surface area contributed by atoms with Gasteiger partial charge in [0.05, 0.1) is 5.75 Å².